The molecule has 1 saturated carbocycles. The Morgan fingerprint density at radius 2 is 1.75 bits per heavy atom. The molecule has 2 rings (SSSR count). The van der Waals surface area contributed by atoms with Crippen molar-refractivity contribution in [2.45, 2.75) is 57.6 Å². The molecule has 28 heavy (non-hydrogen) atoms. The molecule has 6 nitrogen and oxygen atoms in total. The highest BCUT2D eigenvalue weighted by Crippen LogP contribution is 2.17. The molecule has 0 aromatic heterocycles. The normalized spacial score (nSPS) is 15.9. The van der Waals surface area contributed by atoms with Crippen LogP contribution in [0.15, 0.2) is 24.3 Å². The number of nitrogens with one attached hydrogen (secondary N) is 2. The zero-order valence-corrected chi connectivity index (χ0v) is 16.9. The predicted octanol–water partition coefficient (Wildman–Crippen LogP) is 3.27. The maximum absolute atomic E-state index is 12.8. The van der Waals surface area contributed by atoms with Gasteiger partial charge in [-0.3, -0.25) is 14.4 Å². The van der Waals surface area contributed by atoms with Crippen molar-refractivity contribution in [1.29, 1.82) is 0 Å². The first-order valence-corrected chi connectivity index (χ1v) is 10.7. The van der Waals surface area contributed by atoms with Crippen LogP contribution in [0.5, 0.6) is 0 Å². The van der Waals surface area contributed by atoms with Crippen LogP contribution in [0, 0.1) is 5.82 Å². The van der Waals surface area contributed by atoms with Gasteiger partial charge in [-0.25, -0.2) is 4.39 Å². The van der Waals surface area contributed by atoms with E-state index in [0.717, 1.165) is 37.4 Å². The van der Waals surface area contributed by atoms with E-state index in [2.05, 4.69) is 10.6 Å². The average Bonchev–Trinajstić information content (AvgIpc) is 2.92. The number of carbonyl (C=O) groups is 3. The second-order valence-corrected chi connectivity index (χ2v) is 7.86. The Morgan fingerprint density at radius 3 is 2.39 bits per heavy atom. The standard InChI is InChI=1S/C20H27FN2O4S/c1-14(20(26)23-16-6-4-2-3-5-7-16)27-19(25)13-28-12-18(24)22-17-10-8-15(21)9-11-17/h8-11,14,16H,2-7,12-13H2,1H3,(H,22,24)(H,23,26)/t14-/m0/s1. The molecule has 1 aromatic rings. The van der Waals surface area contributed by atoms with Crippen LogP contribution in [-0.4, -0.2) is 41.4 Å². The molecular formula is C20H27FN2O4S. The first-order valence-electron chi connectivity index (χ1n) is 9.57. The van der Waals surface area contributed by atoms with Gasteiger partial charge in [0.25, 0.3) is 5.91 Å². The number of rotatable bonds is 8. The van der Waals surface area contributed by atoms with Gasteiger partial charge < -0.3 is 15.4 Å². The van der Waals surface area contributed by atoms with Crippen LogP contribution in [0.4, 0.5) is 10.1 Å². The minimum Gasteiger partial charge on any atom is -0.452 e. The smallest absolute Gasteiger partial charge is 0.316 e. The Labute approximate surface area is 169 Å². The molecule has 0 aliphatic heterocycles. The number of thioether (sulfide) groups is 1. The fourth-order valence-corrected chi connectivity index (χ4v) is 3.58. The summed E-state index contributed by atoms with van der Waals surface area (Å²) in [6.07, 6.45) is 5.68. The third-order valence-electron chi connectivity index (χ3n) is 4.46. The molecule has 0 radical (unpaired) electrons. The number of benzene rings is 1. The maximum Gasteiger partial charge on any atom is 0.316 e. The molecule has 1 atom stereocenters. The van der Waals surface area contributed by atoms with E-state index < -0.39 is 12.1 Å². The molecule has 1 aliphatic carbocycles. The Morgan fingerprint density at radius 1 is 1.11 bits per heavy atom. The number of carbonyl (C=O) groups excluding carboxylic acids is 3. The van der Waals surface area contributed by atoms with Gasteiger partial charge in [-0.1, -0.05) is 25.7 Å². The average molecular weight is 411 g/mol. The molecule has 0 bridgehead atoms. The van der Waals surface area contributed by atoms with Crippen LogP contribution in [-0.2, 0) is 19.1 Å². The summed E-state index contributed by atoms with van der Waals surface area (Å²) < 4.78 is 18.0. The number of anilines is 1. The van der Waals surface area contributed by atoms with Crippen molar-refractivity contribution in [3.63, 3.8) is 0 Å². The molecule has 0 spiro atoms. The highest BCUT2D eigenvalue weighted by molar-refractivity contribution is 8.00. The van der Waals surface area contributed by atoms with E-state index in [4.69, 9.17) is 4.74 Å². The number of hydrogen-bond donors (Lipinski definition) is 2. The van der Waals surface area contributed by atoms with Crippen LogP contribution in [0.1, 0.15) is 45.4 Å². The third kappa shape index (κ3) is 8.29. The van der Waals surface area contributed by atoms with Gasteiger partial charge in [0.05, 0.1) is 11.5 Å². The summed E-state index contributed by atoms with van der Waals surface area (Å²) in [7, 11) is 0. The van der Waals surface area contributed by atoms with Crippen LogP contribution in [0.2, 0.25) is 0 Å². The first-order chi connectivity index (χ1) is 13.4. The van der Waals surface area contributed by atoms with Gasteiger partial charge in [0, 0.05) is 11.7 Å². The second kappa shape index (κ2) is 11.7. The van der Waals surface area contributed by atoms with Crippen molar-refractivity contribution < 1.29 is 23.5 Å². The number of ether oxygens (including phenoxy) is 1. The van der Waals surface area contributed by atoms with Gasteiger partial charge in [0.1, 0.15) is 5.82 Å². The number of hydrogen-bond acceptors (Lipinski definition) is 5. The predicted molar refractivity (Wildman–Crippen MR) is 108 cm³/mol. The van der Waals surface area contributed by atoms with Crippen molar-refractivity contribution in [2.75, 3.05) is 16.8 Å². The number of halogens is 1. The summed E-state index contributed by atoms with van der Waals surface area (Å²) in [4.78, 5) is 35.9. The van der Waals surface area contributed by atoms with Crippen LogP contribution >= 0.6 is 11.8 Å². The van der Waals surface area contributed by atoms with E-state index in [-0.39, 0.29) is 35.2 Å². The molecule has 0 heterocycles. The van der Waals surface area contributed by atoms with Gasteiger partial charge in [-0.2, -0.15) is 0 Å². The quantitative estimate of drug-likeness (QED) is 0.508. The van der Waals surface area contributed by atoms with Crippen LogP contribution in [0.3, 0.4) is 0 Å². The van der Waals surface area contributed by atoms with Gasteiger partial charge in [-0.05, 0) is 44.0 Å². The second-order valence-electron chi connectivity index (χ2n) is 6.88. The van der Waals surface area contributed by atoms with E-state index in [9.17, 15) is 18.8 Å². The highest BCUT2D eigenvalue weighted by atomic mass is 32.2. The zero-order chi connectivity index (χ0) is 20.4. The maximum atomic E-state index is 12.8. The summed E-state index contributed by atoms with van der Waals surface area (Å²) in [5, 5.41) is 5.57. The molecule has 1 aliphatic rings. The fraction of sp³-hybridized carbons (Fsp3) is 0.550. The lowest BCUT2D eigenvalue weighted by Gasteiger charge is -2.19. The van der Waals surface area contributed by atoms with Crippen molar-refractivity contribution in [2.24, 2.45) is 0 Å². The lowest BCUT2D eigenvalue weighted by atomic mass is 10.1. The molecule has 0 unspecified atom stereocenters. The van der Waals surface area contributed by atoms with E-state index >= 15 is 0 Å². The number of amides is 2. The SMILES string of the molecule is C[C@H](OC(=O)CSCC(=O)Nc1ccc(F)cc1)C(=O)NC1CCCCCC1. The molecule has 0 saturated heterocycles. The fourth-order valence-electron chi connectivity index (χ4n) is 2.98. The largest absolute Gasteiger partial charge is 0.452 e. The van der Waals surface area contributed by atoms with Crippen molar-refractivity contribution in [3.8, 4) is 0 Å². The van der Waals surface area contributed by atoms with Gasteiger partial charge in [-0.15, -0.1) is 11.8 Å². The van der Waals surface area contributed by atoms with Crippen LogP contribution < -0.4 is 10.6 Å². The Balaban J connectivity index is 1.63. The number of esters is 1. The molecular weight excluding hydrogens is 383 g/mol. The molecule has 1 aromatic carbocycles. The van der Waals surface area contributed by atoms with Gasteiger partial charge in [0.15, 0.2) is 6.10 Å². The minimum atomic E-state index is -0.857. The summed E-state index contributed by atoms with van der Waals surface area (Å²) in [6, 6.07) is 5.57. The zero-order valence-electron chi connectivity index (χ0n) is 16.0. The summed E-state index contributed by atoms with van der Waals surface area (Å²) >= 11 is 1.09. The van der Waals surface area contributed by atoms with E-state index in [1.54, 1.807) is 6.92 Å². The molecule has 154 valence electrons. The third-order valence-corrected chi connectivity index (χ3v) is 5.37. The topological polar surface area (TPSA) is 84.5 Å². The Hall–Kier alpha value is -2.09. The minimum absolute atomic E-state index is 0.0299. The summed E-state index contributed by atoms with van der Waals surface area (Å²) in [5.41, 5.74) is 0.485. The summed E-state index contributed by atoms with van der Waals surface area (Å²) in [6.45, 7) is 1.55. The lowest BCUT2D eigenvalue weighted by molar-refractivity contribution is -0.152. The van der Waals surface area contributed by atoms with Gasteiger partial charge in [0.2, 0.25) is 5.91 Å². The first kappa shape index (κ1) is 22.2. The molecule has 2 N–H and O–H groups in total. The molecule has 1 fully saturated rings. The van der Waals surface area contributed by atoms with E-state index in [1.165, 1.54) is 37.1 Å². The van der Waals surface area contributed by atoms with Crippen molar-refractivity contribution >= 4 is 35.2 Å². The van der Waals surface area contributed by atoms with Crippen molar-refractivity contribution in [3.05, 3.63) is 30.1 Å². The van der Waals surface area contributed by atoms with Crippen LogP contribution in [0.25, 0.3) is 0 Å². The molecule has 2 amide bonds. The van der Waals surface area contributed by atoms with Gasteiger partial charge >= 0.3 is 5.97 Å². The van der Waals surface area contributed by atoms with Crippen molar-refractivity contribution in [1.82, 2.24) is 5.32 Å². The Kier molecular flexibility index (Phi) is 9.27. The van der Waals surface area contributed by atoms with E-state index in [1.807, 2.05) is 0 Å². The Bertz CT molecular complexity index is 661. The monoisotopic (exact) mass is 410 g/mol. The van der Waals surface area contributed by atoms with E-state index in [0.29, 0.717) is 5.69 Å². The lowest BCUT2D eigenvalue weighted by Crippen LogP contribution is -2.42. The highest BCUT2D eigenvalue weighted by Gasteiger charge is 2.21. The molecule has 8 heteroatoms. The summed E-state index contributed by atoms with van der Waals surface area (Å²) in [5.74, 6) is -1.48.